The molecule has 1 aliphatic rings. The number of pyridine rings is 1. The summed E-state index contributed by atoms with van der Waals surface area (Å²) in [5, 5.41) is 11.2. The van der Waals surface area contributed by atoms with Gasteiger partial charge in [0.2, 0.25) is 5.71 Å². The van der Waals surface area contributed by atoms with Crippen LogP contribution in [-0.2, 0) is 0 Å². The molecule has 0 radical (unpaired) electrons. The maximum atomic E-state index is 13.1. The van der Waals surface area contributed by atoms with Gasteiger partial charge in [-0.15, -0.1) is 0 Å². The maximum Gasteiger partial charge on any atom is 0.260 e. The van der Waals surface area contributed by atoms with Gasteiger partial charge in [0.25, 0.3) is 5.91 Å². The van der Waals surface area contributed by atoms with Crippen LogP contribution >= 0.6 is 0 Å². The first-order valence-electron chi connectivity index (χ1n) is 9.31. The molecule has 9 heteroatoms. The van der Waals surface area contributed by atoms with Crippen LogP contribution in [0.1, 0.15) is 35.9 Å². The predicted molar refractivity (Wildman–Crippen MR) is 107 cm³/mol. The fourth-order valence-electron chi connectivity index (χ4n) is 3.23. The summed E-state index contributed by atoms with van der Waals surface area (Å²) in [4.78, 5) is 25.6. The summed E-state index contributed by atoms with van der Waals surface area (Å²) in [6.07, 6.45) is 10.3. The summed E-state index contributed by atoms with van der Waals surface area (Å²) in [6.45, 7) is 3.88. The molecule has 0 spiro atoms. The highest BCUT2D eigenvalue weighted by atomic mass is 16.3. The second-order valence-corrected chi connectivity index (χ2v) is 7.45. The topological polar surface area (TPSA) is 111 Å². The molecular weight excluding hydrogens is 370 g/mol. The molecule has 4 aromatic heterocycles. The molecule has 1 amide bonds. The Balaban J connectivity index is 1.47. The molecule has 1 fully saturated rings. The van der Waals surface area contributed by atoms with Crippen molar-refractivity contribution in [1.29, 1.82) is 0 Å². The molecule has 0 aromatic carbocycles. The van der Waals surface area contributed by atoms with Crippen molar-refractivity contribution in [2.24, 2.45) is 0 Å². The van der Waals surface area contributed by atoms with Crippen molar-refractivity contribution < 1.29 is 9.21 Å². The van der Waals surface area contributed by atoms with E-state index in [1.54, 1.807) is 36.4 Å². The molecule has 0 bridgehead atoms. The summed E-state index contributed by atoms with van der Waals surface area (Å²) in [5.41, 5.74) is 2.24. The van der Waals surface area contributed by atoms with E-state index in [4.69, 9.17) is 4.42 Å². The highest BCUT2D eigenvalue weighted by Gasteiger charge is 2.38. The number of nitrogens with zero attached hydrogens (tertiary/aromatic N) is 5. The van der Waals surface area contributed by atoms with Crippen LogP contribution in [0, 0.1) is 6.92 Å². The molecule has 0 aliphatic heterocycles. The molecule has 2 N–H and O–H groups in total. The zero-order valence-corrected chi connectivity index (χ0v) is 16.0. The number of aryl methyl sites for hydroxylation is 1. The van der Waals surface area contributed by atoms with E-state index < -0.39 is 0 Å². The van der Waals surface area contributed by atoms with Crippen molar-refractivity contribution in [3.8, 4) is 5.69 Å². The fourth-order valence-corrected chi connectivity index (χ4v) is 3.23. The Morgan fingerprint density at radius 2 is 2.03 bits per heavy atom. The van der Waals surface area contributed by atoms with Crippen LogP contribution in [0.3, 0.4) is 0 Å². The Bertz CT molecular complexity index is 1210. The van der Waals surface area contributed by atoms with Gasteiger partial charge in [0.15, 0.2) is 0 Å². The minimum atomic E-state index is -0.297. The normalized spacial score (nSPS) is 14.7. The number of carbonyl (C=O) groups excluding carboxylic acids is 1. The predicted octanol–water partition coefficient (Wildman–Crippen LogP) is 3.33. The zero-order chi connectivity index (χ0) is 20.0. The van der Waals surface area contributed by atoms with E-state index in [1.165, 1.54) is 6.33 Å². The minimum Gasteiger partial charge on any atom is -0.442 e. The van der Waals surface area contributed by atoms with Crippen LogP contribution in [0.25, 0.3) is 16.8 Å². The number of aromatic nitrogens is 5. The molecule has 5 rings (SSSR count). The molecule has 1 saturated carbocycles. The lowest BCUT2D eigenvalue weighted by Crippen LogP contribution is -2.18. The van der Waals surface area contributed by atoms with E-state index in [9.17, 15) is 4.79 Å². The Labute approximate surface area is 166 Å². The molecule has 0 atom stereocenters. The zero-order valence-electron chi connectivity index (χ0n) is 16.0. The second-order valence-electron chi connectivity index (χ2n) is 7.45. The monoisotopic (exact) mass is 389 g/mol. The van der Waals surface area contributed by atoms with E-state index in [-0.39, 0.29) is 11.4 Å². The molecule has 0 unspecified atom stereocenters. The quantitative estimate of drug-likeness (QED) is 0.538. The summed E-state index contributed by atoms with van der Waals surface area (Å²) in [7, 11) is 0. The summed E-state index contributed by atoms with van der Waals surface area (Å²) < 4.78 is 7.40. The van der Waals surface area contributed by atoms with Gasteiger partial charge < -0.3 is 15.1 Å². The number of carbonyl (C=O) groups is 1. The molecule has 9 nitrogen and oxygen atoms in total. The molecule has 29 heavy (non-hydrogen) atoms. The number of rotatable bonds is 5. The number of hydrogen-bond donors (Lipinski definition) is 2. The maximum absolute atomic E-state index is 13.1. The van der Waals surface area contributed by atoms with E-state index in [2.05, 4.69) is 37.6 Å². The molecule has 146 valence electrons. The van der Waals surface area contributed by atoms with Crippen molar-refractivity contribution in [2.45, 2.75) is 32.2 Å². The Kier molecular flexibility index (Phi) is 3.83. The van der Waals surface area contributed by atoms with Crippen LogP contribution in [0.2, 0.25) is 0 Å². The molecular formula is C20H19N7O2. The average Bonchev–Trinajstić information content (AvgIpc) is 3.12. The third kappa shape index (κ3) is 3.20. The van der Waals surface area contributed by atoms with Gasteiger partial charge in [-0.1, -0.05) is 0 Å². The number of nitrogens with one attached hydrogen (secondary N) is 2. The van der Waals surface area contributed by atoms with Gasteiger partial charge in [-0.05, 0) is 38.8 Å². The van der Waals surface area contributed by atoms with Crippen molar-refractivity contribution in [1.82, 2.24) is 24.7 Å². The highest BCUT2D eigenvalue weighted by Crippen LogP contribution is 2.40. The van der Waals surface area contributed by atoms with Gasteiger partial charge >= 0.3 is 0 Å². The van der Waals surface area contributed by atoms with Gasteiger partial charge in [-0.25, -0.2) is 14.6 Å². The lowest BCUT2D eigenvalue weighted by molar-refractivity contribution is 0.102. The third-order valence-corrected chi connectivity index (χ3v) is 5.08. The van der Waals surface area contributed by atoms with E-state index in [1.807, 2.05) is 12.1 Å². The van der Waals surface area contributed by atoms with Gasteiger partial charge in [0.05, 0.1) is 34.7 Å². The van der Waals surface area contributed by atoms with E-state index in [0.717, 1.165) is 18.5 Å². The Morgan fingerprint density at radius 1 is 1.24 bits per heavy atom. The number of amides is 1. The van der Waals surface area contributed by atoms with Crippen molar-refractivity contribution in [2.75, 3.05) is 10.6 Å². The second kappa shape index (κ2) is 6.40. The molecule has 1 aliphatic carbocycles. The smallest absolute Gasteiger partial charge is 0.260 e. The van der Waals surface area contributed by atoms with Crippen LogP contribution in [0.4, 0.5) is 11.5 Å². The standard InChI is InChI=1S/C20H19N7O2/c1-12-15(16-17(26-20(2)5-6-20)22-11-23-19(16)29-12)18(28)25-13-9-24-27(10-13)14-3-7-21-8-4-14/h3-4,7-11H,5-6H2,1-2H3,(H,25,28)(H,22,23,26). The average molecular weight is 389 g/mol. The third-order valence-electron chi connectivity index (χ3n) is 5.08. The Morgan fingerprint density at radius 3 is 2.79 bits per heavy atom. The van der Waals surface area contributed by atoms with Crippen LogP contribution < -0.4 is 10.6 Å². The number of hydrogen-bond acceptors (Lipinski definition) is 7. The van der Waals surface area contributed by atoms with Gasteiger partial charge in [0.1, 0.15) is 17.9 Å². The van der Waals surface area contributed by atoms with Crippen LogP contribution in [0.15, 0.2) is 47.7 Å². The lowest BCUT2D eigenvalue weighted by Gasteiger charge is -2.13. The van der Waals surface area contributed by atoms with Gasteiger partial charge in [-0.3, -0.25) is 9.78 Å². The van der Waals surface area contributed by atoms with E-state index in [0.29, 0.717) is 33.9 Å². The van der Waals surface area contributed by atoms with Crippen molar-refractivity contribution in [3.05, 3.63) is 54.6 Å². The molecule has 0 saturated heterocycles. The number of anilines is 2. The SMILES string of the molecule is Cc1oc2ncnc(NC3(C)CC3)c2c1C(=O)Nc1cnn(-c2ccncc2)c1. The first-order valence-corrected chi connectivity index (χ1v) is 9.31. The van der Waals surface area contributed by atoms with Gasteiger partial charge in [-0.2, -0.15) is 5.10 Å². The summed E-state index contributed by atoms with van der Waals surface area (Å²) in [5.74, 6) is 0.808. The lowest BCUT2D eigenvalue weighted by atomic mass is 10.1. The summed E-state index contributed by atoms with van der Waals surface area (Å²) >= 11 is 0. The minimum absolute atomic E-state index is 0.00584. The van der Waals surface area contributed by atoms with Crippen LogP contribution in [-0.4, -0.2) is 36.2 Å². The van der Waals surface area contributed by atoms with E-state index >= 15 is 0 Å². The molecule has 4 heterocycles. The first-order chi connectivity index (χ1) is 14.0. The Hall–Kier alpha value is -3.75. The van der Waals surface area contributed by atoms with Crippen molar-refractivity contribution in [3.63, 3.8) is 0 Å². The molecule has 4 aromatic rings. The largest absolute Gasteiger partial charge is 0.442 e. The number of fused-ring (bicyclic) bond motifs is 1. The fraction of sp³-hybridized carbons (Fsp3) is 0.250. The highest BCUT2D eigenvalue weighted by molar-refractivity contribution is 6.15. The summed E-state index contributed by atoms with van der Waals surface area (Å²) in [6, 6.07) is 3.67. The van der Waals surface area contributed by atoms with Crippen LogP contribution in [0.5, 0.6) is 0 Å². The first kappa shape index (κ1) is 17.4. The van der Waals surface area contributed by atoms with Gasteiger partial charge in [0, 0.05) is 17.9 Å². The van der Waals surface area contributed by atoms with Crippen molar-refractivity contribution >= 4 is 28.5 Å². The number of furan rings is 1.